The van der Waals surface area contributed by atoms with Gasteiger partial charge in [-0.1, -0.05) is 29.8 Å². The second-order valence-corrected chi connectivity index (χ2v) is 3.54. The fourth-order valence-corrected chi connectivity index (χ4v) is 1.66. The first-order chi connectivity index (χ1) is 7.22. The zero-order valence-electron chi connectivity index (χ0n) is 8.62. The van der Waals surface area contributed by atoms with Gasteiger partial charge in [-0.15, -0.1) is 0 Å². The molecule has 0 saturated heterocycles. The van der Waals surface area contributed by atoms with Gasteiger partial charge < -0.3 is 11.5 Å². The predicted molar refractivity (Wildman–Crippen MR) is 61.1 cm³/mol. The molecule has 0 unspecified atom stereocenters. The van der Waals surface area contributed by atoms with Crippen molar-refractivity contribution in [2.24, 2.45) is 5.73 Å². The van der Waals surface area contributed by atoms with Gasteiger partial charge in [0.05, 0.1) is 5.69 Å². The highest BCUT2D eigenvalue weighted by molar-refractivity contribution is 5.76. The first kappa shape index (κ1) is 9.73. The average Bonchev–Trinajstić information content (AvgIpc) is 2.59. The van der Waals surface area contributed by atoms with E-state index in [0.29, 0.717) is 12.4 Å². The van der Waals surface area contributed by atoms with Crippen molar-refractivity contribution in [2.45, 2.75) is 13.5 Å². The Morgan fingerprint density at radius 2 is 2.20 bits per heavy atom. The van der Waals surface area contributed by atoms with Gasteiger partial charge in [-0.2, -0.15) is 5.10 Å². The molecule has 0 aliphatic heterocycles. The summed E-state index contributed by atoms with van der Waals surface area (Å²) in [6, 6.07) is 8.12. The lowest BCUT2D eigenvalue weighted by molar-refractivity contribution is 0.950. The summed E-state index contributed by atoms with van der Waals surface area (Å²) >= 11 is 0. The lowest BCUT2D eigenvalue weighted by Crippen LogP contribution is -1.99. The molecule has 0 fully saturated rings. The fraction of sp³-hybridized carbons (Fsp3) is 0.182. The van der Waals surface area contributed by atoms with E-state index in [1.165, 1.54) is 5.56 Å². The standard InChI is InChI=1S/C11H14N4/c1-7-3-2-4-8(5-7)10-9(6-12)14-15-11(10)13/h2-5H,6,12H2,1H3,(H3,13,14,15). The molecule has 0 amide bonds. The SMILES string of the molecule is Cc1cccc(-c2c(N)n[nH]c2CN)c1. The molecule has 0 aliphatic rings. The van der Waals surface area contributed by atoms with E-state index in [-0.39, 0.29) is 0 Å². The molecule has 0 spiro atoms. The van der Waals surface area contributed by atoms with E-state index in [1.54, 1.807) is 0 Å². The number of nitrogens with zero attached hydrogens (tertiary/aromatic N) is 1. The van der Waals surface area contributed by atoms with Gasteiger partial charge >= 0.3 is 0 Å². The number of hydrogen-bond donors (Lipinski definition) is 3. The van der Waals surface area contributed by atoms with Crippen LogP contribution in [0, 0.1) is 6.92 Å². The molecule has 0 aliphatic carbocycles. The molecule has 0 bridgehead atoms. The van der Waals surface area contributed by atoms with Crippen molar-refractivity contribution in [1.29, 1.82) is 0 Å². The Kier molecular flexibility index (Phi) is 2.43. The third kappa shape index (κ3) is 1.71. The average molecular weight is 202 g/mol. The Labute approximate surface area is 88.3 Å². The number of aromatic nitrogens is 2. The van der Waals surface area contributed by atoms with Gasteiger partial charge in [0, 0.05) is 12.1 Å². The van der Waals surface area contributed by atoms with Crippen LogP contribution in [0.25, 0.3) is 11.1 Å². The number of rotatable bonds is 2. The number of hydrogen-bond acceptors (Lipinski definition) is 3. The highest BCUT2D eigenvalue weighted by Crippen LogP contribution is 2.27. The van der Waals surface area contributed by atoms with E-state index in [9.17, 15) is 0 Å². The molecule has 4 nitrogen and oxygen atoms in total. The first-order valence-corrected chi connectivity index (χ1v) is 4.82. The van der Waals surface area contributed by atoms with Gasteiger partial charge in [0.2, 0.25) is 0 Å². The van der Waals surface area contributed by atoms with Gasteiger partial charge in [-0.25, -0.2) is 0 Å². The van der Waals surface area contributed by atoms with E-state index in [0.717, 1.165) is 16.8 Å². The topological polar surface area (TPSA) is 80.7 Å². The van der Waals surface area contributed by atoms with Crippen molar-refractivity contribution in [3.05, 3.63) is 35.5 Å². The largest absolute Gasteiger partial charge is 0.382 e. The van der Waals surface area contributed by atoms with Gasteiger partial charge in [-0.3, -0.25) is 5.10 Å². The second-order valence-electron chi connectivity index (χ2n) is 3.54. The molecule has 0 saturated carbocycles. The normalized spacial score (nSPS) is 10.5. The summed E-state index contributed by atoms with van der Waals surface area (Å²) < 4.78 is 0. The summed E-state index contributed by atoms with van der Waals surface area (Å²) in [7, 11) is 0. The number of nitrogens with two attached hydrogens (primary N) is 2. The molecule has 1 aromatic carbocycles. The highest BCUT2D eigenvalue weighted by atomic mass is 15.2. The smallest absolute Gasteiger partial charge is 0.153 e. The van der Waals surface area contributed by atoms with Crippen molar-refractivity contribution < 1.29 is 0 Å². The molecule has 15 heavy (non-hydrogen) atoms. The first-order valence-electron chi connectivity index (χ1n) is 4.82. The fourth-order valence-electron chi connectivity index (χ4n) is 1.66. The Bertz CT molecular complexity index is 473. The van der Waals surface area contributed by atoms with E-state index < -0.39 is 0 Å². The van der Waals surface area contributed by atoms with Crippen LogP contribution < -0.4 is 11.5 Å². The summed E-state index contributed by atoms with van der Waals surface area (Å²) in [5.74, 6) is 0.501. The van der Waals surface area contributed by atoms with E-state index in [1.807, 2.05) is 25.1 Å². The molecule has 78 valence electrons. The van der Waals surface area contributed by atoms with Crippen molar-refractivity contribution in [1.82, 2.24) is 10.2 Å². The van der Waals surface area contributed by atoms with E-state index in [2.05, 4.69) is 16.3 Å². The van der Waals surface area contributed by atoms with Crippen LogP contribution in [0.2, 0.25) is 0 Å². The zero-order chi connectivity index (χ0) is 10.8. The highest BCUT2D eigenvalue weighted by Gasteiger charge is 2.11. The van der Waals surface area contributed by atoms with Crippen LogP contribution in [0.15, 0.2) is 24.3 Å². The number of aryl methyl sites for hydroxylation is 1. The van der Waals surface area contributed by atoms with Crippen LogP contribution in [0.1, 0.15) is 11.3 Å². The van der Waals surface area contributed by atoms with Crippen molar-refractivity contribution in [3.8, 4) is 11.1 Å². The van der Waals surface area contributed by atoms with Crippen LogP contribution in [-0.4, -0.2) is 10.2 Å². The Morgan fingerprint density at radius 3 is 2.87 bits per heavy atom. The zero-order valence-corrected chi connectivity index (χ0v) is 8.62. The lowest BCUT2D eigenvalue weighted by Gasteiger charge is -2.03. The lowest BCUT2D eigenvalue weighted by atomic mass is 10.0. The number of aromatic amines is 1. The maximum atomic E-state index is 5.80. The molecule has 5 N–H and O–H groups in total. The number of anilines is 1. The minimum atomic E-state index is 0.410. The molecule has 2 rings (SSSR count). The molecular formula is C11H14N4. The number of benzene rings is 1. The Hall–Kier alpha value is -1.81. The molecule has 1 aromatic heterocycles. The summed E-state index contributed by atoms with van der Waals surface area (Å²) in [6.45, 7) is 2.45. The second kappa shape index (κ2) is 3.74. The number of H-pyrrole nitrogens is 1. The Balaban J connectivity index is 2.57. The van der Waals surface area contributed by atoms with Crippen molar-refractivity contribution in [3.63, 3.8) is 0 Å². The van der Waals surface area contributed by atoms with Crippen molar-refractivity contribution in [2.75, 3.05) is 5.73 Å². The van der Waals surface area contributed by atoms with Crippen LogP contribution in [0.5, 0.6) is 0 Å². The molecule has 0 radical (unpaired) electrons. The third-order valence-corrected chi connectivity index (χ3v) is 2.38. The number of nitrogens with one attached hydrogen (secondary N) is 1. The predicted octanol–water partition coefficient (Wildman–Crippen LogP) is 1.43. The summed E-state index contributed by atoms with van der Waals surface area (Å²) in [5, 5.41) is 6.81. The molecular weight excluding hydrogens is 188 g/mol. The minimum Gasteiger partial charge on any atom is -0.382 e. The Morgan fingerprint density at radius 1 is 1.40 bits per heavy atom. The van der Waals surface area contributed by atoms with Crippen LogP contribution in [0.4, 0.5) is 5.82 Å². The van der Waals surface area contributed by atoms with E-state index >= 15 is 0 Å². The maximum absolute atomic E-state index is 5.80. The van der Waals surface area contributed by atoms with Crippen LogP contribution in [0.3, 0.4) is 0 Å². The maximum Gasteiger partial charge on any atom is 0.153 e. The summed E-state index contributed by atoms with van der Waals surface area (Å²) in [6.07, 6.45) is 0. The minimum absolute atomic E-state index is 0.410. The third-order valence-electron chi connectivity index (χ3n) is 2.38. The van der Waals surface area contributed by atoms with Gasteiger partial charge in [0.15, 0.2) is 5.82 Å². The van der Waals surface area contributed by atoms with Gasteiger partial charge in [-0.05, 0) is 12.5 Å². The molecule has 4 heteroatoms. The van der Waals surface area contributed by atoms with Gasteiger partial charge in [0.25, 0.3) is 0 Å². The molecule has 2 aromatic rings. The van der Waals surface area contributed by atoms with Gasteiger partial charge in [0.1, 0.15) is 0 Å². The summed E-state index contributed by atoms with van der Waals surface area (Å²) in [4.78, 5) is 0. The van der Waals surface area contributed by atoms with Crippen molar-refractivity contribution >= 4 is 5.82 Å². The molecule has 1 heterocycles. The van der Waals surface area contributed by atoms with Crippen LogP contribution >= 0.6 is 0 Å². The summed E-state index contributed by atoms with van der Waals surface area (Å²) in [5.41, 5.74) is 15.5. The molecule has 0 atom stereocenters. The van der Waals surface area contributed by atoms with E-state index in [4.69, 9.17) is 11.5 Å². The quantitative estimate of drug-likeness (QED) is 0.689. The monoisotopic (exact) mass is 202 g/mol. The van der Waals surface area contributed by atoms with Crippen LogP contribution in [-0.2, 0) is 6.54 Å². The number of nitrogen functional groups attached to an aromatic ring is 1.